The average Bonchev–Trinajstić information content (AvgIpc) is 3.30. The number of nitrogens with zero attached hydrogens (tertiary/aromatic N) is 4. The largest absolute Gasteiger partial charge is 0.456 e. The molecule has 0 spiro atoms. The first kappa shape index (κ1) is 45.8. The number of alkyl halides is 1. The predicted octanol–water partition coefficient (Wildman–Crippen LogP) is 4.70. The van der Waals surface area contributed by atoms with E-state index in [1.165, 1.54) is 0 Å². The Morgan fingerprint density at radius 1 is 0.703 bits per heavy atom. The first-order valence-electron chi connectivity index (χ1n) is 22.7. The van der Waals surface area contributed by atoms with Crippen molar-refractivity contribution in [3.05, 3.63) is 82.4 Å². The van der Waals surface area contributed by atoms with Gasteiger partial charge in [-0.2, -0.15) is 0 Å². The first-order valence-corrected chi connectivity index (χ1v) is 23.2. The van der Waals surface area contributed by atoms with Crippen LogP contribution in [-0.2, 0) is 38.9 Å². The molecule has 0 bridgehead atoms. The van der Waals surface area contributed by atoms with Crippen LogP contribution in [0.3, 0.4) is 0 Å². The second-order valence-electron chi connectivity index (χ2n) is 16.9. The Hall–Kier alpha value is -4.77. The fourth-order valence-electron chi connectivity index (χ4n) is 9.24. The number of ether oxygens (including phenoxy) is 6. The molecule has 0 radical (unpaired) electrons. The van der Waals surface area contributed by atoms with Gasteiger partial charge >= 0.3 is 0 Å². The lowest BCUT2D eigenvalue weighted by Gasteiger charge is -2.45. The number of morpholine rings is 2. The third-order valence-electron chi connectivity index (χ3n) is 13.0. The molecule has 344 valence electrons. The maximum atomic E-state index is 13.7. The standard InChI is InChI=1S/C48H60ClN5O10/c1-59-48(42-26-34(6-7-35(42)33-55)45(56)50-13-19-61-25-24-60-18-5-3-2-4-12-49)40-10-8-38(53-29-36(30-53)46(57)51-14-20-62-21-15-51)27-43(40)64-44-28-39(9-11-41(44)48)54-31-37(32-54)47(58)52-16-22-63-23-17-52/h6-11,26-28,33,36-37H,2-5,12-25,29-32H2,1H3,(H,50,56). The van der Waals surface area contributed by atoms with Crippen molar-refractivity contribution < 1.29 is 47.6 Å². The molecule has 8 rings (SSSR count). The Balaban J connectivity index is 1.02. The van der Waals surface area contributed by atoms with Crippen molar-refractivity contribution >= 4 is 47.0 Å². The Morgan fingerprint density at radius 3 is 1.78 bits per heavy atom. The molecular formula is C48H60ClN5O10. The van der Waals surface area contributed by atoms with Gasteiger partial charge in [0, 0.05) is 130 Å². The van der Waals surface area contributed by atoms with Gasteiger partial charge in [0.05, 0.1) is 58.1 Å². The van der Waals surface area contributed by atoms with Crippen molar-refractivity contribution in [2.75, 3.05) is 135 Å². The molecule has 5 aliphatic rings. The van der Waals surface area contributed by atoms with Crippen LogP contribution in [0.2, 0.25) is 0 Å². The smallest absolute Gasteiger partial charge is 0.251 e. The van der Waals surface area contributed by atoms with Gasteiger partial charge in [-0.05, 0) is 49.2 Å². The molecule has 64 heavy (non-hydrogen) atoms. The zero-order valence-corrected chi connectivity index (χ0v) is 37.5. The summed E-state index contributed by atoms with van der Waals surface area (Å²) in [6.07, 6.45) is 4.99. The number of methoxy groups -OCH3 is 1. The van der Waals surface area contributed by atoms with Gasteiger partial charge in [-0.25, -0.2) is 0 Å². The van der Waals surface area contributed by atoms with Crippen LogP contribution in [0, 0.1) is 11.8 Å². The van der Waals surface area contributed by atoms with Gasteiger partial charge in [-0.15, -0.1) is 11.6 Å². The van der Waals surface area contributed by atoms with Crippen molar-refractivity contribution in [3.63, 3.8) is 0 Å². The highest BCUT2D eigenvalue weighted by molar-refractivity contribution is 6.17. The summed E-state index contributed by atoms with van der Waals surface area (Å²) in [6.45, 7) is 9.15. The van der Waals surface area contributed by atoms with E-state index in [2.05, 4.69) is 15.1 Å². The fourth-order valence-corrected chi connectivity index (χ4v) is 9.43. The van der Waals surface area contributed by atoms with Gasteiger partial charge in [-0.3, -0.25) is 19.2 Å². The number of rotatable bonds is 20. The third-order valence-corrected chi connectivity index (χ3v) is 13.2. The summed E-state index contributed by atoms with van der Waals surface area (Å²) in [4.78, 5) is 61.2. The van der Waals surface area contributed by atoms with E-state index in [-0.39, 0.29) is 36.1 Å². The molecule has 0 unspecified atom stereocenters. The minimum absolute atomic E-state index is 0.108. The molecule has 4 saturated heterocycles. The van der Waals surface area contributed by atoms with Crippen LogP contribution in [-0.4, -0.2) is 159 Å². The Kier molecular flexibility index (Phi) is 15.4. The summed E-state index contributed by atoms with van der Waals surface area (Å²) in [5, 5.41) is 2.95. The number of unbranched alkanes of at least 4 members (excludes halogenated alkanes) is 3. The highest BCUT2D eigenvalue weighted by Crippen LogP contribution is 2.55. The average molecular weight is 902 g/mol. The van der Waals surface area contributed by atoms with E-state index < -0.39 is 5.60 Å². The molecule has 0 aliphatic carbocycles. The molecule has 0 saturated carbocycles. The van der Waals surface area contributed by atoms with E-state index in [1.54, 1.807) is 25.3 Å². The molecule has 3 aromatic carbocycles. The number of carbonyl (C=O) groups excluding carboxylic acids is 4. The van der Waals surface area contributed by atoms with E-state index in [9.17, 15) is 19.2 Å². The third kappa shape index (κ3) is 9.89. The van der Waals surface area contributed by atoms with Gasteiger partial charge in [0.2, 0.25) is 11.8 Å². The molecule has 5 aliphatic heterocycles. The second-order valence-corrected chi connectivity index (χ2v) is 17.3. The number of halogens is 1. The molecule has 3 amide bonds. The lowest BCUT2D eigenvalue weighted by molar-refractivity contribution is -0.141. The number of hydrogen-bond donors (Lipinski definition) is 1. The summed E-state index contributed by atoms with van der Waals surface area (Å²) in [5.74, 6) is 1.50. The Labute approximate surface area is 380 Å². The summed E-state index contributed by atoms with van der Waals surface area (Å²) < 4.78 is 35.7. The predicted molar refractivity (Wildman–Crippen MR) is 241 cm³/mol. The summed E-state index contributed by atoms with van der Waals surface area (Å²) in [5.41, 5.74) is 2.92. The van der Waals surface area contributed by atoms with Crippen LogP contribution < -0.4 is 19.9 Å². The van der Waals surface area contributed by atoms with Crippen LogP contribution in [0.5, 0.6) is 11.5 Å². The molecule has 3 aromatic rings. The minimum atomic E-state index is -1.37. The van der Waals surface area contributed by atoms with E-state index in [0.717, 1.165) is 43.3 Å². The molecular weight excluding hydrogens is 842 g/mol. The molecule has 1 N–H and O–H groups in total. The fraction of sp³-hybridized carbons (Fsp3) is 0.542. The summed E-state index contributed by atoms with van der Waals surface area (Å²) in [6, 6.07) is 16.8. The number of anilines is 2. The molecule has 5 heterocycles. The number of aldehydes is 1. The number of hydrogen-bond acceptors (Lipinski definition) is 12. The quantitative estimate of drug-likeness (QED) is 0.0953. The highest BCUT2D eigenvalue weighted by atomic mass is 35.5. The maximum absolute atomic E-state index is 13.7. The van der Waals surface area contributed by atoms with Gasteiger partial charge in [0.1, 0.15) is 17.8 Å². The zero-order valence-electron chi connectivity index (χ0n) is 36.7. The molecule has 4 fully saturated rings. The van der Waals surface area contributed by atoms with Gasteiger partial charge < -0.3 is 53.3 Å². The lowest BCUT2D eigenvalue weighted by atomic mass is 9.75. The van der Waals surface area contributed by atoms with Crippen molar-refractivity contribution in [3.8, 4) is 11.5 Å². The van der Waals surface area contributed by atoms with Crippen molar-refractivity contribution in [2.45, 2.75) is 31.3 Å². The number of carbonyl (C=O) groups is 4. The highest BCUT2D eigenvalue weighted by Gasteiger charge is 2.47. The topological polar surface area (TPSA) is 149 Å². The van der Waals surface area contributed by atoms with Crippen LogP contribution in [0.15, 0.2) is 54.6 Å². The van der Waals surface area contributed by atoms with Crippen molar-refractivity contribution in [1.82, 2.24) is 15.1 Å². The van der Waals surface area contributed by atoms with E-state index in [4.69, 9.17) is 40.0 Å². The van der Waals surface area contributed by atoms with Crippen LogP contribution in [0.25, 0.3) is 0 Å². The molecule has 15 nitrogen and oxygen atoms in total. The Morgan fingerprint density at radius 2 is 1.25 bits per heavy atom. The summed E-state index contributed by atoms with van der Waals surface area (Å²) >= 11 is 5.74. The van der Waals surface area contributed by atoms with Crippen LogP contribution in [0.1, 0.15) is 63.1 Å². The molecule has 0 atom stereocenters. The van der Waals surface area contributed by atoms with Crippen molar-refractivity contribution in [2.24, 2.45) is 11.8 Å². The van der Waals surface area contributed by atoms with E-state index >= 15 is 0 Å². The maximum Gasteiger partial charge on any atom is 0.251 e. The minimum Gasteiger partial charge on any atom is -0.456 e. The molecule has 0 aromatic heterocycles. The first-order chi connectivity index (χ1) is 31.3. The van der Waals surface area contributed by atoms with Gasteiger partial charge in [0.15, 0.2) is 5.60 Å². The zero-order chi connectivity index (χ0) is 44.5. The number of benzene rings is 3. The second kappa shape index (κ2) is 21.5. The van der Waals surface area contributed by atoms with Crippen LogP contribution in [0.4, 0.5) is 11.4 Å². The molecule has 16 heteroatoms. The van der Waals surface area contributed by atoms with Crippen LogP contribution >= 0.6 is 11.6 Å². The van der Waals surface area contributed by atoms with Gasteiger partial charge in [-0.1, -0.05) is 18.9 Å². The number of fused-ring (bicyclic) bond motifs is 2. The van der Waals surface area contributed by atoms with E-state index in [0.29, 0.717) is 150 Å². The number of amides is 3. The Bertz CT molecular complexity index is 2020. The SMILES string of the molecule is COC1(c2cc(C(=O)NCCOCCOCCCCCCCl)ccc2C=O)c2ccc(N3CC(C(=O)N4CCOCC4)C3)cc2Oc2cc(N3CC(C(=O)N4CCOCC4)C3)ccc21. The number of nitrogens with one attached hydrogen (secondary N) is 1. The normalized spacial score (nSPS) is 18.3. The van der Waals surface area contributed by atoms with Crippen molar-refractivity contribution in [1.29, 1.82) is 0 Å². The monoisotopic (exact) mass is 901 g/mol. The van der Waals surface area contributed by atoms with E-state index in [1.807, 2.05) is 46.2 Å². The lowest BCUT2D eigenvalue weighted by Crippen LogP contribution is -2.56. The summed E-state index contributed by atoms with van der Waals surface area (Å²) in [7, 11) is 1.60. The van der Waals surface area contributed by atoms with Gasteiger partial charge in [0.25, 0.3) is 5.91 Å².